The lowest BCUT2D eigenvalue weighted by Gasteiger charge is -2.32. The Labute approximate surface area is 219 Å². The molecule has 4 nitrogen and oxygen atoms in total. The molecular formula is C33H33N3O. The standard InChI is InChI=1S/C33H33N3O/c37-33(35-34-22-30-16-15-28-14-13-27-7-4-8-31(30)32(27)28)29-11-9-26(10-12-29)23-36-19-17-25(18-20-36)21-24-5-2-1-3-6-24/h1-12,15-16,22,25H,13-14,17-21,23H2,(H,35,37)/b34-22-. The summed E-state index contributed by atoms with van der Waals surface area (Å²) in [5, 5.41) is 6.83. The summed E-state index contributed by atoms with van der Waals surface area (Å²) < 4.78 is 0. The number of likely N-dealkylation sites (tertiary alicyclic amines) is 1. The summed E-state index contributed by atoms with van der Waals surface area (Å²) in [6, 6.07) is 29.5. The lowest BCUT2D eigenvalue weighted by Crippen LogP contribution is -2.33. The van der Waals surface area contributed by atoms with E-state index in [1.54, 1.807) is 6.21 Å². The number of carbonyl (C=O) groups excluding carboxylic acids is 1. The molecule has 6 rings (SSSR count). The highest BCUT2D eigenvalue weighted by Crippen LogP contribution is 2.32. The Balaban J connectivity index is 1.01. The van der Waals surface area contributed by atoms with E-state index in [2.05, 4.69) is 88.2 Å². The fourth-order valence-corrected chi connectivity index (χ4v) is 5.92. The maximum Gasteiger partial charge on any atom is 0.271 e. The van der Waals surface area contributed by atoms with Crippen LogP contribution in [0.3, 0.4) is 0 Å². The predicted molar refractivity (Wildman–Crippen MR) is 151 cm³/mol. The van der Waals surface area contributed by atoms with Gasteiger partial charge in [-0.05, 0) is 96.3 Å². The Kier molecular flexibility index (Phi) is 6.83. The van der Waals surface area contributed by atoms with E-state index < -0.39 is 0 Å². The second kappa shape index (κ2) is 10.7. The molecule has 1 fully saturated rings. The Hall–Kier alpha value is -3.76. The van der Waals surface area contributed by atoms with Gasteiger partial charge in [0.2, 0.25) is 0 Å². The molecule has 0 atom stereocenters. The average Bonchev–Trinajstić information content (AvgIpc) is 3.37. The number of hydrogen-bond donors (Lipinski definition) is 1. The highest BCUT2D eigenvalue weighted by molar-refractivity contribution is 6.03. The van der Waals surface area contributed by atoms with Crippen molar-refractivity contribution in [1.29, 1.82) is 0 Å². The summed E-state index contributed by atoms with van der Waals surface area (Å²) in [6.07, 6.45) is 7.64. The maximum absolute atomic E-state index is 12.7. The zero-order valence-corrected chi connectivity index (χ0v) is 21.2. The van der Waals surface area contributed by atoms with Gasteiger partial charge in [-0.2, -0.15) is 5.10 Å². The zero-order chi connectivity index (χ0) is 25.0. The van der Waals surface area contributed by atoms with Gasteiger partial charge >= 0.3 is 0 Å². The van der Waals surface area contributed by atoms with Crippen LogP contribution in [-0.4, -0.2) is 30.1 Å². The Morgan fingerprint density at radius 1 is 0.838 bits per heavy atom. The van der Waals surface area contributed by atoms with Gasteiger partial charge in [-0.15, -0.1) is 0 Å². The number of piperidine rings is 1. The Bertz CT molecular complexity index is 1410. The zero-order valence-electron chi connectivity index (χ0n) is 21.2. The SMILES string of the molecule is O=C(N/N=C\c1ccc2c3c(cccc13)CC2)c1ccc(CN2CCC(Cc3ccccc3)CC2)cc1. The summed E-state index contributed by atoms with van der Waals surface area (Å²) in [5.41, 5.74) is 9.87. The van der Waals surface area contributed by atoms with Gasteiger partial charge in [0.25, 0.3) is 5.91 Å². The molecule has 0 aromatic heterocycles. The van der Waals surface area contributed by atoms with E-state index in [-0.39, 0.29) is 5.91 Å². The molecule has 4 aromatic rings. The molecule has 4 heteroatoms. The molecule has 1 aliphatic heterocycles. The van der Waals surface area contributed by atoms with Crippen molar-refractivity contribution >= 4 is 22.9 Å². The fraction of sp³-hybridized carbons (Fsp3) is 0.273. The predicted octanol–water partition coefficient (Wildman–Crippen LogP) is 6.16. The van der Waals surface area contributed by atoms with E-state index in [1.807, 2.05) is 12.1 Å². The first kappa shape index (κ1) is 23.6. The first-order valence-corrected chi connectivity index (χ1v) is 13.4. The van der Waals surface area contributed by atoms with E-state index in [4.69, 9.17) is 0 Å². The number of aryl methyl sites for hydroxylation is 2. The van der Waals surface area contributed by atoms with Crippen LogP contribution in [0.5, 0.6) is 0 Å². The molecule has 4 aromatic carbocycles. The number of hydrogen-bond acceptors (Lipinski definition) is 3. The van der Waals surface area contributed by atoms with Crippen LogP contribution in [-0.2, 0) is 25.8 Å². The Morgan fingerprint density at radius 3 is 2.38 bits per heavy atom. The summed E-state index contributed by atoms with van der Waals surface area (Å²) in [6.45, 7) is 3.19. The Morgan fingerprint density at radius 2 is 1.59 bits per heavy atom. The second-order valence-corrected chi connectivity index (χ2v) is 10.5. The summed E-state index contributed by atoms with van der Waals surface area (Å²) in [4.78, 5) is 15.2. The topological polar surface area (TPSA) is 44.7 Å². The van der Waals surface area contributed by atoms with Crippen LogP contribution in [0.25, 0.3) is 10.8 Å². The first-order valence-electron chi connectivity index (χ1n) is 13.4. The third-order valence-electron chi connectivity index (χ3n) is 7.98. The number of amides is 1. The number of hydrazone groups is 1. The van der Waals surface area contributed by atoms with Crippen molar-refractivity contribution < 1.29 is 4.79 Å². The normalized spacial score (nSPS) is 16.0. The van der Waals surface area contributed by atoms with Crippen LogP contribution in [0.2, 0.25) is 0 Å². The summed E-state index contributed by atoms with van der Waals surface area (Å²) in [7, 11) is 0. The second-order valence-electron chi connectivity index (χ2n) is 10.5. The molecule has 0 spiro atoms. The van der Waals surface area contributed by atoms with Gasteiger partial charge in [0.05, 0.1) is 6.21 Å². The van der Waals surface area contributed by atoms with E-state index in [0.29, 0.717) is 5.56 Å². The number of benzene rings is 4. The molecule has 0 bridgehead atoms. The minimum absolute atomic E-state index is 0.185. The van der Waals surface area contributed by atoms with Gasteiger partial charge in [-0.1, -0.05) is 72.8 Å². The van der Waals surface area contributed by atoms with Crippen molar-refractivity contribution in [2.75, 3.05) is 13.1 Å². The van der Waals surface area contributed by atoms with E-state index in [9.17, 15) is 4.79 Å². The molecular weight excluding hydrogens is 454 g/mol. The summed E-state index contributed by atoms with van der Waals surface area (Å²) >= 11 is 0. The largest absolute Gasteiger partial charge is 0.299 e. The third-order valence-corrected chi connectivity index (χ3v) is 7.98. The van der Waals surface area contributed by atoms with Crippen LogP contribution >= 0.6 is 0 Å². The maximum atomic E-state index is 12.7. The molecule has 1 amide bonds. The number of nitrogens with zero attached hydrogens (tertiary/aromatic N) is 2. The van der Waals surface area contributed by atoms with Crippen molar-refractivity contribution in [2.24, 2.45) is 11.0 Å². The van der Waals surface area contributed by atoms with Crippen LogP contribution in [0.4, 0.5) is 0 Å². The first-order chi connectivity index (χ1) is 18.2. The van der Waals surface area contributed by atoms with Crippen molar-refractivity contribution in [3.8, 4) is 0 Å². The van der Waals surface area contributed by atoms with Gasteiger partial charge in [0.1, 0.15) is 0 Å². The van der Waals surface area contributed by atoms with Gasteiger partial charge in [-0.25, -0.2) is 5.43 Å². The molecule has 0 unspecified atom stereocenters. The van der Waals surface area contributed by atoms with Crippen LogP contribution in [0.1, 0.15) is 51.0 Å². The smallest absolute Gasteiger partial charge is 0.271 e. The fourth-order valence-electron chi connectivity index (χ4n) is 5.92. The quantitative estimate of drug-likeness (QED) is 0.251. The molecule has 186 valence electrons. The molecule has 2 aliphatic rings. The van der Waals surface area contributed by atoms with Crippen molar-refractivity contribution in [2.45, 2.75) is 38.6 Å². The van der Waals surface area contributed by atoms with Crippen molar-refractivity contribution in [3.05, 3.63) is 118 Å². The molecule has 37 heavy (non-hydrogen) atoms. The van der Waals surface area contributed by atoms with Crippen LogP contribution < -0.4 is 5.43 Å². The number of nitrogens with one attached hydrogen (secondary N) is 1. The summed E-state index contributed by atoms with van der Waals surface area (Å²) in [5.74, 6) is 0.589. The van der Waals surface area contributed by atoms with E-state index in [0.717, 1.165) is 44.0 Å². The lowest BCUT2D eigenvalue weighted by atomic mass is 9.90. The molecule has 1 heterocycles. The molecule has 1 aliphatic carbocycles. The van der Waals surface area contributed by atoms with Crippen LogP contribution in [0, 0.1) is 5.92 Å². The van der Waals surface area contributed by atoms with Crippen LogP contribution in [0.15, 0.2) is 90.0 Å². The highest BCUT2D eigenvalue weighted by atomic mass is 16.2. The van der Waals surface area contributed by atoms with Gasteiger partial charge in [-0.3, -0.25) is 9.69 Å². The molecule has 1 saturated heterocycles. The lowest BCUT2D eigenvalue weighted by molar-refractivity contribution is 0.0955. The minimum Gasteiger partial charge on any atom is -0.299 e. The monoisotopic (exact) mass is 487 g/mol. The van der Waals surface area contributed by atoms with E-state index >= 15 is 0 Å². The molecule has 0 saturated carbocycles. The van der Waals surface area contributed by atoms with Crippen molar-refractivity contribution in [1.82, 2.24) is 10.3 Å². The number of rotatable bonds is 7. The van der Waals surface area contributed by atoms with Gasteiger partial charge in [0, 0.05) is 17.7 Å². The van der Waals surface area contributed by atoms with Gasteiger partial charge < -0.3 is 0 Å². The molecule has 1 N–H and O–H groups in total. The molecule has 0 radical (unpaired) electrons. The highest BCUT2D eigenvalue weighted by Gasteiger charge is 2.20. The number of carbonyl (C=O) groups is 1. The van der Waals surface area contributed by atoms with Crippen molar-refractivity contribution in [3.63, 3.8) is 0 Å². The van der Waals surface area contributed by atoms with Gasteiger partial charge in [0.15, 0.2) is 0 Å². The van der Waals surface area contributed by atoms with E-state index in [1.165, 1.54) is 52.3 Å². The average molecular weight is 488 g/mol. The minimum atomic E-state index is -0.185. The third kappa shape index (κ3) is 5.35.